The summed E-state index contributed by atoms with van der Waals surface area (Å²) >= 11 is 1.68. The number of likely N-dealkylation sites (N-methyl/N-ethyl adjacent to an activating group) is 1. The van der Waals surface area contributed by atoms with Gasteiger partial charge in [0, 0.05) is 24.6 Å². The second-order valence-electron chi connectivity index (χ2n) is 5.65. The second-order valence-corrected chi connectivity index (χ2v) is 8.42. The van der Waals surface area contributed by atoms with Gasteiger partial charge in [-0.25, -0.2) is 13.1 Å². The van der Waals surface area contributed by atoms with E-state index in [4.69, 9.17) is 0 Å². The van der Waals surface area contributed by atoms with Crippen molar-refractivity contribution in [1.82, 2.24) is 9.62 Å². The lowest BCUT2D eigenvalue weighted by molar-refractivity contribution is -0.125. The number of benzene rings is 2. The van der Waals surface area contributed by atoms with Crippen molar-refractivity contribution < 1.29 is 13.2 Å². The molecule has 2 aromatic carbocycles. The molecule has 0 aromatic heterocycles. The first-order valence-electron chi connectivity index (χ1n) is 7.95. The summed E-state index contributed by atoms with van der Waals surface area (Å²) in [5.74, 6) is -0.120. The van der Waals surface area contributed by atoms with Gasteiger partial charge in [0.1, 0.15) is 0 Å². The number of thioether (sulfide) groups is 1. The van der Waals surface area contributed by atoms with Crippen molar-refractivity contribution in [2.75, 3.05) is 20.4 Å². The zero-order chi connectivity index (χ0) is 19.2. The van der Waals surface area contributed by atoms with Crippen molar-refractivity contribution in [1.29, 1.82) is 0 Å². The molecule has 0 radical (unpaired) electrons. The van der Waals surface area contributed by atoms with E-state index in [2.05, 4.69) is 4.72 Å². The van der Waals surface area contributed by atoms with Crippen molar-refractivity contribution in [3.8, 4) is 0 Å². The number of hydrogen-bond donors (Lipinski definition) is 1. The molecule has 7 heteroatoms. The normalized spacial score (nSPS) is 11.7. The van der Waals surface area contributed by atoms with Crippen molar-refractivity contribution in [2.24, 2.45) is 0 Å². The maximum atomic E-state index is 12.2. The Kier molecular flexibility index (Phi) is 7.02. The molecule has 1 N–H and O–H groups in total. The van der Waals surface area contributed by atoms with E-state index in [9.17, 15) is 13.2 Å². The Labute approximate surface area is 159 Å². The molecule has 2 aromatic rings. The molecule has 1 amide bonds. The SMILES string of the molecule is CNS(=O)(=O)c1ccc(/C=C/C(=O)N(C)Cc2ccc(SC)cc2)cc1. The molecule has 26 heavy (non-hydrogen) atoms. The number of amides is 1. The fraction of sp³-hybridized carbons (Fsp3) is 0.211. The Bertz CT molecular complexity index is 874. The molecule has 2 rings (SSSR count). The smallest absolute Gasteiger partial charge is 0.246 e. The molecule has 0 saturated carbocycles. The average molecular weight is 391 g/mol. The molecule has 5 nitrogen and oxygen atoms in total. The van der Waals surface area contributed by atoms with Gasteiger partial charge in [0.05, 0.1) is 4.90 Å². The summed E-state index contributed by atoms with van der Waals surface area (Å²) in [4.78, 5) is 15.3. The first kappa shape index (κ1) is 20.2. The molecule has 0 atom stereocenters. The maximum absolute atomic E-state index is 12.2. The van der Waals surface area contributed by atoms with Crippen LogP contribution in [0, 0.1) is 0 Å². The maximum Gasteiger partial charge on any atom is 0.246 e. The lowest BCUT2D eigenvalue weighted by Gasteiger charge is -2.15. The van der Waals surface area contributed by atoms with Crippen LogP contribution in [0.2, 0.25) is 0 Å². The van der Waals surface area contributed by atoms with E-state index in [0.29, 0.717) is 6.54 Å². The van der Waals surface area contributed by atoms with E-state index in [1.54, 1.807) is 41.9 Å². The Morgan fingerprint density at radius 1 is 1.12 bits per heavy atom. The highest BCUT2D eigenvalue weighted by atomic mass is 32.2. The summed E-state index contributed by atoms with van der Waals surface area (Å²) in [6.45, 7) is 0.525. The van der Waals surface area contributed by atoms with Crippen LogP contribution < -0.4 is 4.72 Å². The monoisotopic (exact) mass is 390 g/mol. The first-order valence-corrected chi connectivity index (χ1v) is 10.7. The number of carbonyl (C=O) groups is 1. The predicted molar refractivity (Wildman–Crippen MR) is 106 cm³/mol. The van der Waals surface area contributed by atoms with E-state index < -0.39 is 10.0 Å². The summed E-state index contributed by atoms with van der Waals surface area (Å²) in [5, 5.41) is 0. The minimum Gasteiger partial charge on any atom is -0.338 e. The summed E-state index contributed by atoms with van der Waals surface area (Å²) in [6, 6.07) is 14.4. The third kappa shape index (κ3) is 5.45. The van der Waals surface area contributed by atoms with Crippen molar-refractivity contribution in [2.45, 2.75) is 16.3 Å². The Hall–Kier alpha value is -2.09. The third-order valence-corrected chi connectivity index (χ3v) is 6.01. The topological polar surface area (TPSA) is 66.5 Å². The van der Waals surface area contributed by atoms with Crippen LogP contribution in [0.5, 0.6) is 0 Å². The highest BCUT2D eigenvalue weighted by Crippen LogP contribution is 2.16. The van der Waals surface area contributed by atoms with E-state index in [0.717, 1.165) is 11.1 Å². The van der Waals surface area contributed by atoms with Gasteiger partial charge in [-0.2, -0.15) is 0 Å². The quantitative estimate of drug-likeness (QED) is 0.583. The van der Waals surface area contributed by atoms with Gasteiger partial charge in [-0.3, -0.25) is 4.79 Å². The minimum absolute atomic E-state index is 0.120. The fourth-order valence-corrected chi connectivity index (χ4v) is 3.39. The highest BCUT2D eigenvalue weighted by Gasteiger charge is 2.10. The molecule has 0 heterocycles. The van der Waals surface area contributed by atoms with Gasteiger partial charge in [0.25, 0.3) is 0 Å². The zero-order valence-electron chi connectivity index (χ0n) is 15.0. The van der Waals surface area contributed by atoms with Crippen LogP contribution in [0.1, 0.15) is 11.1 Å². The number of rotatable bonds is 7. The zero-order valence-corrected chi connectivity index (χ0v) is 16.6. The van der Waals surface area contributed by atoms with E-state index in [-0.39, 0.29) is 10.8 Å². The Morgan fingerprint density at radius 2 is 1.73 bits per heavy atom. The number of carbonyl (C=O) groups excluding carboxylic acids is 1. The first-order chi connectivity index (χ1) is 12.4. The minimum atomic E-state index is -3.45. The molecule has 0 aliphatic carbocycles. The van der Waals surface area contributed by atoms with Crippen molar-refractivity contribution in [3.05, 3.63) is 65.7 Å². The van der Waals surface area contributed by atoms with Crippen molar-refractivity contribution in [3.63, 3.8) is 0 Å². The number of sulfonamides is 1. The lowest BCUT2D eigenvalue weighted by Crippen LogP contribution is -2.24. The Morgan fingerprint density at radius 3 is 2.27 bits per heavy atom. The molecular weight excluding hydrogens is 368 g/mol. The highest BCUT2D eigenvalue weighted by molar-refractivity contribution is 7.98. The molecular formula is C19H22N2O3S2. The molecule has 0 aliphatic heterocycles. The molecule has 0 unspecified atom stereocenters. The largest absolute Gasteiger partial charge is 0.338 e. The van der Waals surface area contributed by atoms with Crippen LogP contribution >= 0.6 is 11.8 Å². The molecule has 0 spiro atoms. The lowest BCUT2D eigenvalue weighted by atomic mass is 10.2. The van der Waals surface area contributed by atoms with Gasteiger partial charge in [0.2, 0.25) is 15.9 Å². The summed E-state index contributed by atoms with van der Waals surface area (Å²) in [7, 11) is -0.335. The summed E-state index contributed by atoms with van der Waals surface area (Å²) in [5.41, 5.74) is 1.82. The van der Waals surface area contributed by atoms with Gasteiger partial charge < -0.3 is 4.90 Å². The van der Waals surface area contributed by atoms with Crippen LogP contribution in [0.25, 0.3) is 6.08 Å². The van der Waals surface area contributed by atoms with Gasteiger partial charge in [-0.15, -0.1) is 11.8 Å². The van der Waals surface area contributed by atoms with Gasteiger partial charge in [-0.05, 0) is 54.8 Å². The van der Waals surface area contributed by atoms with E-state index >= 15 is 0 Å². The van der Waals surface area contributed by atoms with Crippen LogP contribution in [0.4, 0.5) is 0 Å². The van der Waals surface area contributed by atoms with Crippen LogP contribution in [0.3, 0.4) is 0 Å². The standard InChI is InChI=1S/C19H22N2O3S2/c1-20-26(23,24)18-11-6-15(7-12-18)8-13-19(22)21(2)14-16-4-9-17(25-3)10-5-16/h4-13,20H,14H2,1-3H3/b13-8+. The molecule has 0 saturated heterocycles. The Balaban J connectivity index is 1.99. The average Bonchev–Trinajstić information content (AvgIpc) is 2.67. The van der Waals surface area contributed by atoms with Gasteiger partial charge in [-0.1, -0.05) is 24.3 Å². The molecule has 0 bridgehead atoms. The third-order valence-electron chi connectivity index (χ3n) is 3.83. The summed E-state index contributed by atoms with van der Waals surface area (Å²) in [6.07, 6.45) is 5.18. The predicted octanol–water partition coefficient (Wildman–Crippen LogP) is 2.99. The summed E-state index contributed by atoms with van der Waals surface area (Å²) < 4.78 is 25.6. The number of nitrogens with zero attached hydrogens (tertiary/aromatic N) is 1. The van der Waals surface area contributed by atoms with E-state index in [1.807, 2.05) is 30.5 Å². The van der Waals surface area contributed by atoms with Gasteiger partial charge in [0.15, 0.2) is 0 Å². The van der Waals surface area contributed by atoms with Crippen LogP contribution in [0.15, 0.2) is 64.4 Å². The molecule has 0 fully saturated rings. The van der Waals surface area contributed by atoms with Crippen LogP contribution in [-0.2, 0) is 21.4 Å². The number of hydrogen-bond acceptors (Lipinski definition) is 4. The number of nitrogens with one attached hydrogen (secondary N) is 1. The van der Waals surface area contributed by atoms with Crippen LogP contribution in [-0.4, -0.2) is 39.6 Å². The van der Waals surface area contributed by atoms with Gasteiger partial charge >= 0.3 is 0 Å². The molecule has 0 aliphatic rings. The van der Waals surface area contributed by atoms with E-state index in [1.165, 1.54) is 30.2 Å². The van der Waals surface area contributed by atoms with Crippen molar-refractivity contribution >= 4 is 33.8 Å². The molecule has 138 valence electrons. The second kappa shape index (κ2) is 9.02. The fourth-order valence-electron chi connectivity index (χ4n) is 2.25.